The van der Waals surface area contributed by atoms with Gasteiger partial charge in [0, 0.05) is 39.4 Å². The zero-order valence-corrected chi connectivity index (χ0v) is 17.9. The number of anilines is 2. The maximum Gasteiger partial charge on any atom is 0.193 e. The first-order valence-electron chi connectivity index (χ1n) is 10.5. The van der Waals surface area contributed by atoms with Gasteiger partial charge in [-0.05, 0) is 43.2 Å². The number of ketones is 2. The highest BCUT2D eigenvalue weighted by atomic mass is 35.5. The maximum atomic E-state index is 14.9. The molecule has 0 saturated carbocycles. The van der Waals surface area contributed by atoms with E-state index in [0.29, 0.717) is 47.3 Å². The Balaban J connectivity index is 1.62. The summed E-state index contributed by atoms with van der Waals surface area (Å²) in [5, 5.41) is 6.93. The Morgan fingerprint density at radius 3 is 2.53 bits per heavy atom. The first-order valence-corrected chi connectivity index (χ1v) is 10.9. The van der Waals surface area contributed by atoms with Crippen LogP contribution in [0.3, 0.4) is 0 Å². The van der Waals surface area contributed by atoms with Crippen LogP contribution in [0.4, 0.5) is 15.8 Å². The van der Waals surface area contributed by atoms with E-state index in [1.165, 1.54) is 6.07 Å². The molecule has 0 fully saturated rings. The fourth-order valence-electron chi connectivity index (χ4n) is 4.39. The first kappa shape index (κ1) is 20.5. The van der Waals surface area contributed by atoms with E-state index >= 15 is 0 Å². The molecule has 0 spiro atoms. The molecule has 0 saturated heterocycles. The lowest BCUT2D eigenvalue weighted by atomic mass is 9.86. The molecule has 2 aliphatic rings. The maximum absolute atomic E-state index is 14.9. The van der Waals surface area contributed by atoms with Crippen LogP contribution in [0.2, 0.25) is 5.02 Å². The first-order chi connectivity index (χ1) is 15.5. The summed E-state index contributed by atoms with van der Waals surface area (Å²) in [6, 6.07) is 18.1. The van der Waals surface area contributed by atoms with Crippen molar-refractivity contribution in [3.8, 4) is 0 Å². The normalized spacial score (nSPS) is 17.6. The number of halogens is 2. The molecule has 4 nitrogen and oxygen atoms in total. The van der Waals surface area contributed by atoms with Crippen LogP contribution in [0.15, 0.2) is 78.0 Å². The van der Waals surface area contributed by atoms with Crippen molar-refractivity contribution in [1.29, 1.82) is 0 Å². The van der Waals surface area contributed by atoms with Crippen LogP contribution in [-0.2, 0) is 4.79 Å². The fraction of sp³-hybridized carbons (Fsp3) is 0.154. The van der Waals surface area contributed by atoms with Gasteiger partial charge in [-0.15, -0.1) is 0 Å². The number of benzene rings is 3. The van der Waals surface area contributed by atoms with E-state index in [-0.39, 0.29) is 22.2 Å². The van der Waals surface area contributed by atoms with Crippen molar-refractivity contribution in [2.45, 2.75) is 25.3 Å². The molecule has 1 atom stereocenters. The predicted molar refractivity (Wildman–Crippen MR) is 124 cm³/mol. The monoisotopic (exact) mass is 446 g/mol. The molecule has 32 heavy (non-hydrogen) atoms. The third kappa shape index (κ3) is 3.59. The van der Waals surface area contributed by atoms with Crippen LogP contribution < -0.4 is 10.6 Å². The smallest absolute Gasteiger partial charge is 0.193 e. The number of fused-ring (bicyclic) bond motifs is 1. The van der Waals surface area contributed by atoms with Gasteiger partial charge in [-0.25, -0.2) is 4.39 Å². The quantitative estimate of drug-likeness (QED) is 0.464. The fourth-order valence-corrected chi connectivity index (χ4v) is 4.66. The average molecular weight is 447 g/mol. The third-order valence-corrected chi connectivity index (χ3v) is 6.27. The number of rotatable bonds is 3. The molecule has 0 radical (unpaired) electrons. The van der Waals surface area contributed by atoms with E-state index in [2.05, 4.69) is 10.6 Å². The van der Waals surface area contributed by atoms with Gasteiger partial charge in [0.15, 0.2) is 11.6 Å². The molecular weight excluding hydrogens is 427 g/mol. The molecule has 3 aromatic carbocycles. The lowest BCUT2D eigenvalue weighted by Crippen LogP contribution is -2.24. The molecule has 1 aliphatic carbocycles. The molecule has 0 amide bonds. The molecule has 5 rings (SSSR count). The van der Waals surface area contributed by atoms with Crippen LogP contribution in [0.5, 0.6) is 0 Å². The number of allylic oxidation sites excluding steroid dienone is 1. The minimum atomic E-state index is -0.726. The van der Waals surface area contributed by atoms with Gasteiger partial charge in [0.2, 0.25) is 0 Å². The molecule has 1 aliphatic heterocycles. The summed E-state index contributed by atoms with van der Waals surface area (Å²) in [6.07, 6.45) is 1.76. The summed E-state index contributed by atoms with van der Waals surface area (Å²) >= 11 is 6.38. The molecule has 6 heteroatoms. The second-order valence-corrected chi connectivity index (χ2v) is 8.37. The predicted octanol–water partition coefficient (Wildman–Crippen LogP) is 6.30. The third-order valence-electron chi connectivity index (χ3n) is 5.94. The van der Waals surface area contributed by atoms with Crippen molar-refractivity contribution < 1.29 is 14.0 Å². The van der Waals surface area contributed by atoms with E-state index < -0.39 is 11.9 Å². The highest BCUT2D eigenvalue weighted by Gasteiger charge is 2.34. The number of hydrogen-bond acceptors (Lipinski definition) is 4. The molecule has 0 bridgehead atoms. The van der Waals surface area contributed by atoms with Crippen LogP contribution in [0, 0.1) is 5.82 Å². The van der Waals surface area contributed by atoms with Crippen molar-refractivity contribution in [2.75, 3.05) is 10.6 Å². The summed E-state index contributed by atoms with van der Waals surface area (Å²) in [5.41, 5.74) is 3.94. The van der Waals surface area contributed by atoms with Gasteiger partial charge in [-0.3, -0.25) is 9.59 Å². The summed E-state index contributed by atoms with van der Waals surface area (Å²) in [4.78, 5) is 25.9. The zero-order chi connectivity index (χ0) is 22.2. The molecule has 3 aromatic rings. The Kier molecular flexibility index (Phi) is 5.27. The summed E-state index contributed by atoms with van der Waals surface area (Å²) in [7, 11) is 0. The second kappa shape index (κ2) is 8.24. The van der Waals surface area contributed by atoms with Crippen LogP contribution in [0.1, 0.15) is 46.8 Å². The van der Waals surface area contributed by atoms with Crippen molar-refractivity contribution in [1.82, 2.24) is 0 Å². The molecule has 2 N–H and O–H groups in total. The lowest BCUT2D eigenvalue weighted by molar-refractivity contribution is -0.116. The lowest BCUT2D eigenvalue weighted by Gasteiger charge is -2.26. The Morgan fingerprint density at radius 2 is 1.75 bits per heavy atom. The summed E-state index contributed by atoms with van der Waals surface area (Å²) < 4.78 is 14.9. The molecule has 160 valence electrons. The zero-order valence-electron chi connectivity index (χ0n) is 17.1. The van der Waals surface area contributed by atoms with Crippen LogP contribution in [-0.4, -0.2) is 11.6 Å². The van der Waals surface area contributed by atoms with Gasteiger partial charge in [-0.2, -0.15) is 0 Å². The summed E-state index contributed by atoms with van der Waals surface area (Å²) in [5.74, 6) is -0.606. The van der Waals surface area contributed by atoms with E-state index in [0.717, 1.165) is 5.70 Å². The van der Waals surface area contributed by atoms with Crippen LogP contribution in [0.25, 0.3) is 0 Å². The van der Waals surface area contributed by atoms with Crippen molar-refractivity contribution in [3.05, 3.63) is 106 Å². The number of Topliss-reactive ketones (excluding diaryl/α,β-unsaturated/α-hetero) is 1. The number of hydrogen-bond donors (Lipinski definition) is 2. The topological polar surface area (TPSA) is 58.2 Å². The number of carbonyl (C=O) groups is 2. The Labute approximate surface area is 190 Å². The SMILES string of the molecule is O=C1CCCC2=C1C(c1c(F)cccc1Cl)Nc1ccc(C(=O)c3ccccc3)cc1N2. The van der Waals surface area contributed by atoms with Gasteiger partial charge in [-0.1, -0.05) is 48.0 Å². The van der Waals surface area contributed by atoms with E-state index in [1.807, 2.05) is 18.2 Å². The minimum Gasteiger partial charge on any atom is -0.372 e. The standard InChI is InChI=1S/C26H20ClFN2O2/c27-17-8-4-9-18(28)23(17)25-24-20(10-5-11-22(24)31)29-21-14-16(12-13-19(21)30-25)26(32)15-6-2-1-3-7-15/h1-4,6-9,12-14,25,29-30H,5,10-11H2. The highest BCUT2D eigenvalue weighted by Crippen LogP contribution is 2.43. The van der Waals surface area contributed by atoms with Gasteiger partial charge in [0.25, 0.3) is 0 Å². The van der Waals surface area contributed by atoms with Crippen molar-refractivity contribution >= 4 is 34.5 Å². The molecule has 0 aromatic heterocycles. The van der Waals surface area contributed by atoms with Gasteiger partial charge < -0.3 is 10.6 Å². The van der Waals surface area contributed by atoms with E-state index in [4.69, 9.17) is 11.6 Å². The van der Waals surface area contributed by atoms with Gasteiger partial charge in [0.05, 0.1) is 17.4 Å². The molecule has 1 heterocycles. The van der Waals surface area contributed by atoms with Crippen molar-refractivity contribution in [3.63, 3.8) is 0 Å². The Hall–Kier alpha value is -3.44. The molecular formula is C26H20ClFN2O2. The Bertz CT molecular complexity index is 1250. The minimum absolute atomic E-state index is 0.0380. The van der Waals surface area contributed by atoms with Gasteiger partial charge in [0.1, 0.15) is 5.82 Å². The molecule has 1 unspecified atom stereocenters. The van der Waals surface area contributed by atoms with Gasteiger partial charge >= 0.3 is 0 Å². The number of nitrogens with one attached hydrogen (secondary N) is 2. The Morgan fingerprint density at radius 1 is 0.938 bits per heavy atom. The largest absolute Gasteiger partial charge is 0.372 e. The number of carbonyl (C=O) groups excluding carboxylic acids is 2. The van der Waals surface area contributed by atoms with Crippen LogP contribution >= 0.6 is 11.6 Å². The highest BCUT2D eigenvalue weighted by molar-refractivity contribution is 6.31. The second-order valence-electron chi connectivity index (χ2n) is 7.96. The van der Waals surface area contributed by atoms with E-state index in [9.17, 15) is 14.0 Å². The van der Waals surface area contributed by atoms with Crippen molar-refractivity contribution in [2.24, 2.45) is 0 Å². The average Bonchev–Trinajstić information content (AvgIpc) is 2.96. The van der Waals surface area contributed by atoms with E-state index in [1.54, 1.807) is 42.5 Å². The summed E-state index contributed by atoms with van der Waals surface area (Å²) in [6.45, 7) is 0.